The molecule has 136 valence electrons. The number of piperidine rings is 1. The summed E-state index contributed by atoms with van der Waals surface area (Å²) in [5.41, 5.74) is 2.04. The smallest absolute Gasteiger partial charge is 0.323 e. The predicted molar refractivity (Wildman–Crippen MR) is 94.6 cm³/mol. The summed E-state index contributed by atoms with van der Waals surface area (Å²) in [5, 5.41) is 11.8. The summed E-state index contributed by atoms with van der Waals surface area (Å²) in [5.74, 6) is 0.702. The Morgan fingerprint density at radius 1 is 1.48 bits per heavy atom. The van der Waals surface area contributed by atoms with E-state index in [1.807, 2.05) is 42.0 Å². The van der Waals surface area contributed by atoms with Gasteiger partial charge in [-0.05, 0) is 25.3 Å². The molecule has 1 fully saturated rings. The van der Waals surface area contributed by atoms with E-state index in [-0.39, 0.29) is 12.1 Å². The van der Waals surface area contributed by atoms with Crippen LogP contribution in [0.2, 0.25) is 0 Å². The second-order valence-electron chi connectivity index (χ2n) is 6.56. The fourth-order valence-corrected chi connectivity index (χ4v) is 3.15. The van der Waals surface area contributed by atoms with Gasteiger partial charge in [0.2, 0.25) is 0 Å². The molecule has 25 heavy (non-hydrogen) atoms. The number of aryl methyl sites for hydroxylation is 2. The first kappa shape index (κ1) is 17.5. The van der Waals surface area contributed by atoms with Crippen molar-refractivity contribution in [3.05, 3.63) is 29.7 Å². The molecule has 1 atom stereocenters. The van der Waals surface area contributed by atoms with Gasteiger partial charge in [-0.25, -0.2) is 4.79 Å². The van der Waals surface area contributed by atoms with Gasteiger partial charge in [-0.15, -0.1) is 0 Å². The molecular weight excluding hydrogens is 320 g/mol. The van der Waals surface area contributed by atoms with Gasteiger partial charge in [-0.1, -0.05) is 0 Å². The Morgan fingerprint density at radius 2 is 2.32 bits per heavy atom. The highest BCUT2D eigenvalue weighted by molar-refractivity contribution is 5.88. The lowest BCUT2D eigenvalue weighted by Crippen LogP contribution is -2.43. The van der Waals surface area contributed by atoms with Crippen LogP contribution < -0.4 is 5.32 Å². The maximum absolute atomic E-state index is 12.6. The third-order valence-electron chi connectivity index (χ3n) is 4.52. The zero-order valence-corrected chi connectivity index (χ0v) is 15.1. The van der Waals surface area contributed by atoms with E-state index in [4.69, 9.17) is 4.74 Å². The molecule has 8 nitrogen and oxygen atoms in total. The Labute approximate surface area is 147 Å². The predicted octanol–water partition coefficient (Wildman–Crippen LogP) is 1.98. The number of anilines is 1. The highest BCUT2D eigenvalue weighted by Crippen LogP contribution is 2.22. The molecule has 1 aliphatic heterocycles. The molecule has 0 bridgehead atoms. The molecule has 1 saturated heterocycles. The topological polar surface area (TPSA) is 77.2 Å². The molecule has 0 aliphatic carbocycles. The second kappa shape index (κ2) is 7.69. The van der Waals surface area contributed by atoms with Gasteiger partial charge in [-0.2, -0.15) is 10.2 Å². The Hall–Kier alpha value is -2.35. The maximum Gasteiger partial charge on any atom is 0.323 e. The monoisotopic (exact) mass is 346 g/mol. The van der Waals surface area contributed by atoms with Crippen molar-refractivity contribution in [2.24, 2.45) is 7.05 Å². The van der Waals surface area contributed by atoms with Crippen LogP contribution in [-0.4, -0.2) is 57.3 Å². The molecule has 0 radical (unpaired) electrons. The largest absolute Gasteiger partial charge is 0.384 e. The van der Waals surface area contributed by atoms with Crippen LogP contribution in [0.4, 0.5) is 10.6 Å². The number of hydrogen-bond donors (Lipinski definition) is 1. The average molecular weight is 346 g/mol. The van der Waals surface area contributed by atoms with Crippen LogP contribution in [0.5, 0.6) is 0 Å². The van der Waals surface area contributed by atoms with E-state index >= 15 is 0 Å². The molecule has 3 heterocycles. The van der Waals surface area contributed by atoms with Crippen LogP contribution in [0.3, 0.4) is 0 Å². The number of methoxy groups -OCH3 is 1. The first-order valence-corrected chi connectivity index (χ1v) is 8.65. The zero-order valence-electron chi connectivity index (χ0n) is 15.1. The van der Waals surface area contributed by atoms with Crippen molar-refractivity contribution in [2.45, 2.75) is 32.2 Å². The standard InChI is InChI=1S/C17H26N6O2/c1-13-10-18-23(11-13)15-5-4-7-22(12-15)17(24)19-16-9-14(6-8-25-3)20-21(16)2/h9-11,15H,4-8,12H2,1-3H3,(H,19,24). The lowest BCUT2D eigenvalue weighted by atomic mass is 10.1. The molecule has 0 aromatic carbocycles. The van der Waals surface area contributed by atoms with Crippen LogP contribution in [0.25, 0.3) is 0 Å². The first-order valence-electron chi connectivity index (χ1n) is 8.65. The van der Waals surface area contributed by atoms with Gasteiger partial charge in [0.05, 0.1) is 24.5 Å². The Balaban J connectivity index is 1.62. The summed E-state index contributed by atoms with van der Waals surface area (Å²) < 4.78 is 8.74. The molecule has 0 saturated carbocycles. The number of rotatable bonds is 5. The van der Waals surface area contributed by atoms with Crippen molar-refractivity contribution in [3.63, 3.8) is 0 Å². The molecule has 1 unspecified atom stereocenters. The first-order chi connectivity index (χ1) is 12.1. The Kier molecular flexibility index (Phi) is 5.37. The van der Waals surface area contributed by atoms with Crippen molar-refractivity contribution >= 4 is 11.8 Å². The number of urea groups is 1. The Bertz CT molecular complexity index is 723. The van der Waals surface area contributed by atoms with Crippen LogP contribution in [-0.2, 0) is 18.2 Å². The van der Waals surface area contributed by atoms with E-state index in [0.29, 0.717) is 19.0 Å². The van der Waals surface area contributed by atoms with Crippen molar-refractivity contribution in [1.82, 2.24) is 24.5 Å². The number of nitrogens with zero attached hydrogens (tertiary/aromatic N) is 5. The molecule has 2 aromatic heterocycles. The molecule has 1 N–H and O–H groups in total. The molecule has 2 aromatic rings. The minimum Gasteiger partial charge on any atom is -0.384 e. The highest BCUT2D eigenvalue weighted by atomic mass is 16.5. The summed E-state index contributed by atoms with van der Waals surface area (Å²) in [6.07, 6.45) is 6.63. The normalized spacial score (nSPS) is 17.7. The summed E-state index contributed by atoms with van der Waals surface area (Å²) in [4.78, 5) is 14.5. The van der Waals surface area contributed by atoms with Crippen molar-refractivity contribution in [1.29, 1.82) is 0 Å². The van der Waals surface area contributed by atoms with Crippen LogP contribution in [0, 0.1) is 6.92 Å². The third kappa shape index (κ3) is 4.19. The van der Waals surface area contributed by atoms with E-state index in [9.17, 15) is 4.79 Å². The van der Waals surface area contributed by atoms with E-state index in [0.717, 1.165) is 37.1 Å². The van der Waals surface area contributed by atoms with E-state index in [1.54, 1.807) is 11.8 Å². The number of ether oxygens (including phenoxy) is 1. The summed E-state index contributed by atoms with van der Waals surface area (Å²) >= 11 is 0. The number of carbonyl (C=O) groups excluding carboxylic acids is 1. The second-order valence-corrected chi connectivity index (χ2v) is 6.56. The lowest BCUT2D eigenvalue weighted by Gasteiger charge is -2.32. The molecule has 3 rings (SSSR count). The van der Waals surface area contributed by atoms with Gasteiger partial charge in [0.25, 0.3) is 0 Å². The van der Waals surface area contributed by atoms with Crippen LogP contribution >= 0.6 is 0 Å². The van der Waals surface area contributed by atoms with E-state index in [1.165, 1.54) is 0 Å². The van der Waals surface area contributed by atoms with Gasteiger partial charge in [0, 0.05) is 45.9 Å². The average Bonchev–Trinajstić information content (AvgIpc) is 3.19. The molecule has 0 spiro atoms. The van der Waals surface area contributed by atoms with Gasteiger partial charge in [0.1, 0.15) is 5.82 Å². The van der Waals surface area contributed by atoms with Gasteiger partial charge in [0.15, 0.2) is 0 Å². The lowest BCUT2D eigenvalue weighted by molar-refractivity contribution is 0.174. The quantitative estimate of drug-likeness (QED) is 0.898. The summed E-state index contributed by atoms with van der Waals surface area (Å²) in [6, 6.07) is 2.04. The molecule has 8 heteroatoms. The van der Waals surface area contributed by atoms with Gasteiger partial charge >= 0.3 is 6.03 Å². The van der Waals surface area contributed by atoms with Crippen LogP contribution in [0.15, 0.2) is 18.5 Å². The van der Waals surface area contributed by atoms with Crippen LogP contribution in [0.1, 0.15) is 30.1 Å². The molecule has 1 aliphatic rings. The van der Waals surface area contributed by atoms with Gasteiger partial charge in [-0.3, -0.25) is 14.7 Å². The molecular formula is C17H26N6O2. The Morgan fingerprint density at radius 3 is 3.04 bits per heavy atom. The third-order valence-corrected chi connectivity index (χ3v) is 4.52. The molecule has 2 amide bonds. The summed E-state index contributed by atoms with van der Waals surface area (Å²) in [7, 11) is 3.50. The minimum absolute atomic E-state index is 0.0881. The van der Waals surface area contributed by atoms with Crippen molar-refractivity contribution in [3.8, 4) is 0 Å². The fraction of sp³-hybridized carbons (Fsp3) is 0.588. The van der Waals surface area contributed by atoms with E-state index < -0.39 is 0 Å². The number of amides is 2. The van der Waals surface area contributed by atoms with E-state index in [2.05, 4.69) is 15.5 Å². The number of nitrogens with one attached hydrogen (secondary N) is 1. The fourth-order valence-electron chi connectivity index (χ4n) is 3.15. The summed E-state index contributed by atoms with van der Waals surface area (Å²) in [6.45, 7) is 4.07. The van der Waals surface area contributed by atoms with Crippen molar-refractivity contribution < 1.29 is 9.53 Å². The minimum atomic E-state index is -0.0881. The number of hydrogen-bond acceptors (Lipinski definition) is 4. The number of aromatic nitrogens is 4. The van der Waals surface area contributed by atoms with Gasteiger partial charge < -0.3 is 9.64 Å². The zero-order chi connectivity index (χ0) is 17.8. The number of likely N-dealkylation sites (tertiary alicyclic amines) is 1. The van der Waals surface area contributed by atoms with Crippen molar-refractivity contribution in [2.75, 3.05) is 32.1 Å². The SMILES string of the molecule is COCCc1cc(NC(=O)N2CCCC(n3cc(C)cn3)C2)n(C)n1. The number of carbonyl (C=O) groups is 1. The highest BCUT2D eigenvalue weighted by Gasteiger charge is 2.25. The maximum atomic E-state index is 12.6.